The molecule has 1 aromatic carbocycles. The van der Waals surface area contributed by atoms with Crippen LogP contribution in [-0.4, -0.2) is 13.2 Å². The van der Waals surface area contributed by atoms with E-state index in [-0.39, 0.29) is 23.7 Å². The zero-order valence-corrected chi connectivity index (χ0v) is 9.96. The van der Waals surface area contributed by atoms with Gasteiger partial charge in [-0.3, -0.25) is 0 Å². The van der Waals surface area contributed by atoms with E-state index >= 15 is 0 Å². The number of halogens is 1. The van der Waals surface area contributed by atoms with Gasteiger partial charge in [-0.25, -0.2) is 4.39 Å². The Morgan fingerprint density at radius 1 is 1.44 bits per heavy atom. The highest BCUT2D eigenvalue weighted by Crippen LogP contribution is 2.22. The van der Waals surface area contributed by atoms with E-state index < -0.39 is 0 Å². The first-order chi connectivity index (χ1) is 7.58. The van der Waals surface area contributed by atoms with E-state index in [1.807, 2.05) is 19.9 Å². The van der Waals surface area contributed by atoms with Crippen molar-refractivity contribution in [3.8, 4) is 5.75 Å². The predicted octanol–water partition coefficient (Wildman–Crippen LogP) is 3.06. The lowest BCUT2D eigenvalue weighted by Crippen LogP contribution is -2.26. The van der Waals surface area contributed by atoms with Crippen molar-refractivity contribution in [3.63, 3.8) is 0 Å². The van der Waals surface area contributed by atoms with Gasteiger partial charge in [0.15, 0.2) is 11.6 Å². The fourth-order valence-electron chi connectivity index (χ4n) is 1.50. The van der Waals surface area contributed by atoms with Gasteiger partial charge in [-0.2, -0.15) is 0 Å². The molecule has 2 nitrogen and oxygen atoms in total. The fourth-order valence-corrected chi connectivity index (χ4v) is 1.50. The molecule has 0 aliphatic heterocycles. The van der Waals surface area contributed by atoms with Gasteiger partial charge in [0.25, 0.3) is 0 Å². The van der Waals surface area contributed by atoms with Crippen molar-refractivity contribution >= 4 is 0 Å². The smallest absolute Gasteiger partial charge is 0.165 e. The van der Waals surface area contributed by atoms with Crippen molar-refractivity contribution < 1.29 is 9.13 Å². The van der Waals surface area contributed by atoms with Crippen LogP contribution in [0.1, 0.15) is 25.5 Å². The number of hydrogen-bond acceptors (Lipinski definition) is 2. The summed E-state index contributed by atoms with van der Waals surface area (Å²) in [6.07, 6.45) is 1.83. The maximum atomic E-state index is 13.2. The summed E-state index contributed by atoms with van der Waals surface area (Å²) < 4.78 is 18.1. The van der Waals surface area contributed by atoms with Crippen LogP contribution in [0.5, 0.6) is 5.75 Å². The Balaban J connectivity index is 2.83. The Kier molecular flexibility index (Phi) is 4.50. The van der Waals surface area contributed by atoms with Crippen molar-refractivity contribution in [1.29, 1.82) is 0 Å². The highest BCUT2D eigenvalue weighted by Gasteiger charge is 2.10. The maximum Gasteiger partial charge on any atom is 0.165 e. The van der Waals surface area contributed by atoms with Crippen molar-refractivity contribution in [2.75, 3.05) is 7.11 Å². The summed E-state index contributed by atoms with van der Waals surface area (Å²) in [6.45, 7) is 7.75. The molecule has 0 radical (unpaired) electrons. The molecule has 16 heavy (non-hydrogen) atoms. The molecule has 0 aromatic heterocycles. The molecule has 0 spiro atoms. The molecule has 0 saturated heterocycles. The van der Waals surface area contributed by atoms with Crippen LogP contribution in [0.25, 0.3) is 0 Å². The molecule has 2 unspecified atom stereocenters. The third-order valence-corrected chi connectivity index (χ3v) is 2.54. The fraction of sp³-hybridized carbons (Fsp3) is 0.385. The van der Waals surface area contributed by atoms with E-state index in [4.69, 9.17) is 4.74 Å². The van der Waals surface area contributed by atoms with Crippen molar-refractivity contribution in [3.05, 3.63) is 42.2 Å². The maximum absolute atomic E-state index is 13.2. The number of nitrogens with one attached hydrogen (secondary N) is 1. The first-order valence-corrected chi connectivity index (χ1v) is 5.30. The monoisotopic (exact) mass is 223 g/mol. The van der Waals surface area contributed by atoms with E-state index in [1.54, 1.807) is 12.1 Å². The molecule has 0 bridgehead atoms. The van der Waals surface area contributed by atoms with Gasteiger partial charge in [-0.05, 0) is 31.5 Å². The van der Waals surface area contributed by atoms with E-state index in [1.165, 1.54) is 13.2 Å². The molecule has 0 heterocycles. The lowest BCUT2D eigenvalue weighted by molar-refractivity contribution is 0.384. The Morgan fingerprint density at radius 3 is 2.69 bits per heavy atom. The molecule has 0 saturated carbocycles. The lowest BCUT2D eigenvalue weighted by Gasteiger charge is -2.18. The van der Waals surface area contributed by atoms with E-state index in [2.05, 4.69) is 11.9 Å². The van der Waals surface area contributed by atoms with Crippen LogP contribution in [0.3, 0.4) is 0 Å². The van der Waals surface area contributed by atoms with Gasteiger partial charge in [0.2, 0.25) is 0 Å². The highest BCUT2D eigenvalue weighted by atomic mass is 19.1. The summed E-state index contributed by atoms with van der Waals surface area (Å²) >= 11 is 0. The number of ether oxygens (including phenoxy) is 1. The van der Waals surface area contributed by atoms with Crippen LogP contribution in [0.15, 0.2) is 30.9 Å². The molecule has 0 aliphatic rings. The molecular formula is C13H18FNO. The molecule has 3 heteroatoms. The molecule has 1 rings (SSSR count). The van der Waals surface area contributed by atoms with Gasteiger partial charge >= 0.3 is 0 Å². The molecule has 1 aromatic rings. The van der Waals surface area contributed by atoms with Gasteiger partial charge in [-0.1, -0.05) is 12.1 Å². The van der Waals surface area contributed by atoms with Crippen LogP contribution >= 0.6 is 0 Å². The second-order valence-electron chi connectivity index (χ2n) is 3.81. The van der Waals surface area contributed by atoms with Gasteiger partial charge in [-0.15, -0.1) is 6.58 Å². The minimum Gasteiger partial charge on any atom is -0.494 e. The summed E-state index contributed by atoms with van der Waals surface area (Å²) in [5.74, 6) is -0.0624. The Morgan fingerprint density at radius 2 is 2.12 bits per heavy atom. The van der Waals surface area contributed by atoms with E-state index in [9.17, 15) is 4.39 Å². The van der Waals surface area contributed by atoms with Gasteiger partial charge in [0, 0.05) is 12.1 Å². The van der Waals surface area contributed by atoms with Gasteiger partial charge in [0.05, 0.1) is 7.11 Å². The van der Waals surface area contributed by atoms with Crippen molar-refractivity contribution in [1.82, 2.24) is 5.32 Å². The van der Waals surface area contributed by atoms with Crippen LogP contribution in [-0.2, 0) is 0 Å². The minimum absolute atomic E-state index is 0.127. The Labute approximate surface area is 96.1 Å². The largest absolute Gasteiger partial charge is 0.494 e. The van der Waals surface area contributed by atoms with Crippen LogP contribution < -0.4 is 10.1 Å². The molecule has 1 N–H and O–H groups in total. The van der Waals surface area contributed by atoms with Crippen LogP contribution in [0.4, 0.5) is 4.39 Å². The SMILES string of the molecule is C=CC(C)NC(C)c1ccc(F)c(OC)c1. The summed E-state index contributed by atoms with van der Waals surface area (Å²) in [7, 11) is 1.46. The quantitative estimate of drug-likeness (QED) is 0.775. The Bertz CT molecular complexity index is 365. The third kappa shape index (κ3) is 3.07. The normalized spacial score (nSPS) is 14.2. The molecular weight excluding hydrogens is 205 g/mol. The number of hydrogen-bond donors (Lipinski definition) is 1. The van der Waals surface area contributed by atoms with Gasteiger partial charge < -0.3 is 10.1 Å². The molecule has 0 fully saturated rings. The lowest BCUT2D eigenvalue weighted by atomic mass is 10.1. The van der Waals surface area contributed by atoms with E-state index in [0.29, 0.717) is 0 Å². The zero-order chi connectivity index (χ0) is 12.1. The first kappa shape index (κ1) is 12.7. The second-order valence-corrected chi connectivity index (χ2v) is 3.81. The molecule has 2 atom stereocenters. The third-order valence-electron chi connectivity index (χ3n) is 2.54. The molecule has 88 valence electrons. The average molecular weight is 223 g/mol. The number of benzene rings is 1. The van der Waals surface area contributed by atoms with Crippen LogP contribution in [0.2, 0.25) is 0 Å². The standard InChI is InChI=1S/C13H18FNO/c1-5-9(2)15-10(3)11-6-7-12(14)13(8-11)16-4/h5-10,15H,1H2,2-4H3. The molecule has 0 aliphatic carbocycles. The average Bonchev–Trinajstić information content (AvgIpc) is 2.29. The summed E-state index contributed by atoms with van der Waals surface area (Å²) in [5.41, 5.74) is 0.993. The van der Waals surface area contributed by atoms with Crippen LogP contribution in [0, 0.1) is 5.82 Å². The topological polar surface area (TPSA) is 21.3 Å². The summed E-state index contributed by atoms with van der Waals surface area (Å²) in [6, 6.07) is 5.23. The van der Waals surface area contributed by atoms with E-state index in [0.717, 1.165) is 5.56 Å². The van der Waals surface area contributed by atoms with Gasteiger partial charge in [0.1, 0.15) is 0 Å². The minimum atomic E-state index is -0.338. The summed E-state index contributed by atoms with van der Waals surface area (Å²) in [4.78, 5) is 0. The zero-order valence-electron chi connectivity index (χ0n) is 9.96. The first-order valence-electron chi connectivity index (χ1n) is 5.30. The number of methoxy groups -OCH3 is 1. The Hall–Kier alpha value is -1.35. The molecule has 0 amide bonds. The van der Waals surface area contributed by atoms with Crippen molar-refractivity contribution in [2.45, 2.75) is 25.9 Å². The number of rotatable bonds is 5. The van der Waals surface area contributed by atoms with Crippen molar-refractivity contribution in [2.24, 2.45) is 0 Å². The second kappa shape index (κ2) is 5.66. The predicted molar refractivity (Wildman–Crippen MR) is 64.2 cm³/mol. The highest BCUT2D eigenvalue weighted by molar-refractivity contribution is 5.32. The summed E-state index contributed by atoms with van der Waals surface area (Å²) in [5, 5.41) is 3.32.